The normalized spacial score (nSPS) is 34.3. The van der Waals surface area contributed by atoms with Crippen molar-refractivity contribution in [2.24, 2.45) is 5.41 Å². The smallest absolute Gasteiger partial charge is 0.179 e. The zero-order chi connectivity index (χ0) is 14.2. The molecule has 0 aromatic heterocycles. The van der Waals surface area contributed by atoms with Crippen LogP contribution in [0.5, 0.6) is 0 Å². The summed E-state index contributed by atoms with van der Waals surface area (Å²) >= 11 is 0. The third kappa shape index (κ3) is 2.73. The minimum absolute atomic E-state index is 0.0984. The molecule has 6 heteroatoms. The Labute approximate surface area is 125 Å². The molecule has 4 heterocycles. The SMILES string of the molecule is C1CC2(CC[NH2+]1)OCC1(CO2)COC2(CC[NH2+]CC2)OC1. The van der Waals surface area contributed by atoms with Crippen LogP contribution in [-0.4, -0.2) is 64.2 Å². The van der Waals surface area contributed by atoms with Crippen molar-refractivity contribution < 1.29 is 29.6 Å². The molecule has 4 rings (SSSR count). The van der Waals surface area contributed by atoms with Crippen LogP contribution in [0.4, 0.5) is 0 Å². The molecule has 0 aromatic carbocycles. The van der Waals surface area contributed by atoms with Crippen LogP contribution in [0, 0.1) is 5.41 Å². The lowest BCUT2D eigenvalue weighted by Gasteiger charge is -2.51. The van der Waals surface area contributed by atoms with Gasteiger partial charge in [-0.3, -0.25) is 0 Å². The molecule has 0 aromatic rings. The molecule has 0 saturated carbocycles. The van der Waals surface area contributed by atoms with Gasteiger partial charge >= 0.3 is 0 Å². The average molecular weight is 300 g/mol. The zero-order valence-electron chi connectivity index (χ0n) is 12.8. The van der Waals surface area contributed by atoms with E-state index in [2.05, 4.69) is 10.6 Å². The molecule has 21 heavy (non-hydrogen) atoms. The van der Waals surface area contributed by atoms with E-state index in [1.54, 1.807) is 0 Å². The zero-order valence-corrected chi connectivity index (χ0v) is 12.8. The predicted octanol–water partition coefficient (Wildman–Crippen LogP) is -1.83. The van der Waals surface area contributed by atoms with Gasteiger partial charge in [-0.15, -0.1) is 0 Å². The van der Waals surface area contributed by atoms with E-state index in [4.69, 9.17) is 18.9 Å². The van der Waals surface area contributed by atoms with Crippen molar-refractivity contribution in [3.63, 3.8) is 0 Å². The number of ether oxygens (including phenoxy) is 4. The van der Waals surface area contributed by atoms with E-state index in [0.717, 1.165) is 51.9 Å². The molecule has 4 aliphatic heterocycles. The van der Waals surface area contributed by atoms with Gasteiger partial charge in [0.1, 0.15) is 0 Å². The van der Waals surface area contributed by atoms with Crippen LogP contribution in [0.15, 0.2) is 0 Å². The Morgan fingerprint density at radius 2 is 0.857 bits per heavy atom. The van der Waals surface area contributed by atoms with Crippen LogP contribution in [0.1, 0.15) is 25.7 Å². The third-order valence-corrected chi connectivity index (χ3v) is 5.48. The lowest BCUT2D eigenvalue weighted by atomic mass is 9.87. The molecule has 0 unspecified atom stereocenters. The molecule has 6 nitrogen and oxygen atoms in total. The van der Waals surface area contributed by atoms with Gasteiger partial charge in [0.25, 0.3) is 0 Å². The second-order valence-corrected chi connectivity index (χ2v) is 7.21. The van der Waals surface area contributed by atoms with Crippen LogP contribution < -0.4 is 10.6 Å². The van der Waals surface area contributed by atoms with Crippen molar-refractivity contribution in [2.75, 3.05) is 52.6 Å². The molecular formula is C15H28N2O4+2. The third-order valence-electron chi connectivity index (χ3n) is 5.48. The summed E-state index contributed by atoms with van der Waals surface area (Å²) in [4.78, 5) is 0. The van der Waals surface area contributed by atoms with E-state index < -0.39 is 0 Å². The van der Waals surface area contributed by atoms with Gasteiger partial charge in [0.15, 0.2) is 11.6 Å². The molecule has 4 N–H and O–H groups in total. The van der Waals surface area contributed by atoms with Gasteiger partial charge in [-0.2, -0.15) is 0 Å². The average Bonchev–Trinajstić information content (AvgIpc) is 2.56. The van der Waals surface area contributed by atoms with Crippen molar-refractivity contribution >= 4 is 0 Å². The quantitative estimate of drug-likeness (QED) is 0.552. The summed E-state index contributed by atoms with van der Waals surface area (Å²) < 4.78 is 24.7. The van der Waals surface area contributed by atoms with Gasteiger partial charge in [0, 0.05) is 0 Å². The summed E-state index contributed by atoms with van der Waals surface area (Å²) in [6.45, 7) is 7.20. The first-order valence-corrected chi connectivity index (χ1v) is 8.43. The number of nitrogens with two attached hydrogens (primary N) is 2. The lowest BCUT2D eigenvalue weighted by Crippen LogP contribution is -2.88. The molecule has 0 amide bonds. The largest absolute Gasteiger partial charge is 0.349 e. The van der Waals surface area contributed by atoms with Crippen molar-refractivity contribution in [3.8, 4) is 0 Å². The van der Waals surface area contributed by atoms with E-state index >= 15 is 0 Å². The Morgan fingerprint density at radius 3 is 1.19 bits per heavy atom. The van der Waals surface area contributed by atoms with E-state index in [-0.39, 0.29) is 17.0 Å². The first-order chi connectivity index (χ1) is 10.2. The van der Waals surface area contributed by atoms with Crippen molar-refractivity contribution in [3.05, 3.63) is 0 Å². The standard InChI is InChI=1S/C15H26N2O4/c1-5-16-6-2-14(1)18-9-13(10-19-14)11-20-15(21-12-13)3-7-17-8-4-15/h16-17H,1-12H2/p+2. The first-order valence-electron chi connectivity index (χ1n) is 8.43. The Balaban J connectivity index is 1.35. The van der Waals surface area contributed by atoms with E-state index in [1.807, 2.05) is 0 Å². The lowest BCUT2D eigenvalue weighted by molar-refractivity contribution is -0.676. The Morgan fingerprint density at radius 1 is 0.524 bits per heavy atom. The van der Waals surface area contributed by atoms with Crippen molar-refractivity contribution in [1.82, 2.24) is 0 Å². The first kappa shape index (κ1) is 14.4. The van der Waals surface area contributed by atoms with Crippen LogP contribution >= 0.6 is 0 Å². The van der Waals surface area contributed by atoms with E-state index in [9.17, 15) is 0 Å². The van der Waals surface area contributed by atoms with Gasteiger partial charge in [-0.1, -0.05) is 0 Å². The number of rotatable bonds is 0. The molecular weight excluding hydrogens is 272 g/mol. The van der Waals surface area contributed by atoms with E-state index in [1.165, 1.54) is 0 Å². The minimum Gasteiger partial charge on any atom is -0.349 e. The fourth-order valence-corrected chi connectivity index (χ4v) is 3.88. The topological polar surface area (TPSA) is 70.1 Å². The summed E-state index contributed by atoms with van der Waals surface area (Å²) in [5.74, 6) is -0.649. The van der Waals surface area contributed by atoms with E-state index in [0.29, 0.717) is 26.4 Å². The highest BCUT2D eigenvalue weighted by molar-refractivity contribution is 4.91. The minimum atomic E-state index is -0.324. The van der Waals surface area contributed by atoms with Gasteiger partial charge in [-0.05, 0) is 0 Å². The number of hydrogen-bond donors (Lipinski definition) is 2. The van der Waals surface area contributed by atoms with Crippen LogP contribution in [-0.2, 0) is 18.9 Å². The fraction of sp³-hybridized carbons (Fsp3) is 1.00. The van der Waals surface area contributed by atoms with Gasteiger partial charge in [0.2, 0.25) is 0 Å². The molecule has 3 spiro atoms. The predicted molar refractivity (Wildman–Crippen MR) is 73.5 cm³/mol. The summed E-state index contributed by atoms with van der Waals surface area (Å²) in [6, 6.07) is 0. The molecule has 0 radical (unpaired) electrons. The van der Waals surface area contributed by atoms with Crippen LogP contribution in [0.2, 0.25) is 0 Å². The van der Waals surface area contributed by atoms with Gasteiger partial charge < -0.3 is 29.6 Å². The van der Waals surface area contributed by atoms with Gasteiger partial charge in [-0.25, -0.2) is 0 Å². The second kappa shape index (κ2) is 5.44. The highest BCUT2D eigenvalue weighted by Gasteiger charge is 2.52. The Hall–Kier alpha value is -0.240. The maximum absolute atomic E-state index is 6.17. The number of piperidine rings is 2. The van der Waals surface area contributed by atoms with Crippen molar-refractivity contribution in [2.45, 2.75) is 37.3 Å². The molecule has 4 aliphatic rings. The summed E-state index contributed by atoms with van der Waals surface area (Å²) in [5, 5.41) is 4.66. The van der Waals surface area contributed by atoms with Gasteiger partial charge in [0.05, 0.1) is 83.7 Å². The summed E-state index contributed by atoms with van der Waals surface area (Å²) in [7, 11) is 0. The maximum atomic E-state index is 6.17. The highest BCUT2D eigenvalue weighted by atomic mass is 16.7. The van der Waals surface area contributed by atoms with Crippen molar-refractivity contribution in [1.29, 1.82) is 0 Å². The van der Waals surface area contributed by atoms with Crippen LogP contribution in [0.3, 0.4) is 0 Å². The number of hydrogen-bond acceptors (Lipinski definition) is 4. The monoisotopic (exact) mass is 300 g/mol. The summed E-state index contributed by atoms with van der Waals surface area (Å²) in [6.07, 6.45) is 3.96. The van der Waals surface area contributed by atoms with Crippen LogP contribution in [0.25, 0.3) is 0 Å². The molecule has 0 aliphatic carbocycles. The summed E-state index contributed by atoms with van der Waals surface area (Å²) in [5.41, 5.74) is -0.0984. The molecule has 0 atom stereocenters. The highest BCUT2D eigenvalue weighted by Crippen LogP contribution is 2.40. The molecule has 120 valence electrons. The molecule has 4 fully saturated rings. The second-order valence-electron chi connectivity index (χ2n) is 7.21. The Bertz CT molecular complexity index is 318. The fourth-order valence-electron chi connectivity index (χ4n) is 3.88. The molecule has 0 bridgehead atoms. The Kier molecular flexibility index (Phi) is 3.72. The number of quaternary nitrogens is 2. The maximum Gasteiger partial charge on any atom is 0.179 e. The molecule has 4 saturated heterocycles.